The van der Waals surface area contributed by atoms with Gasteiger partial charge in [-0.2, -0.15) is 5.10 Å². The summed E-state index contributed by atoms with van der Waals surface area (Å²) in [6, 6.07) is 11.5. The Morgan fingerprint density at radius 3 is 2.77 bits per heavy atom. The molecule has 5 nitrogen and oxygen atoms in total. The van der Waals surface area contributed by atoms with Gasteiger partial charge < -0.3 is 5.32 Å². The molecule has 1 aromatic carbocycles. The van der Waals surface area contributed by atoms with E-state index < -0.39 is 0 Å². The number of aromatic amines is 1. The normalized spacial score (nSPS) is 10.5. The molecule has 0 fully saturated rings. The zero-order chi connectivity index (χ0) is 15.5. The zero-order valence-electron chi connectivity index (χ0n) is 12.4. The van der Waals surface area contributed by atoms with E-state index in [9.17, 15) is 4.79 Å². The van der Waals surface area contributed by atoms with Gasteiger partial charge in [0.2, 0.25) is 0 Å². The quantitative estimate of drug-likeness (QED) is 0.777. The van der Waals surface area contributed by atoms with Gasteiger partial charge in [0, 0.05) is 11.8 Å². The Bertz CT molecular complexity index is 809. The van der Waals surface area contributed by atoms with Crippen LogP contribution in [0.1, 0.15) is 21.6 Å². The minimum atomic E-state index is -0.239. The number of pyridine rings is 1. The van der Waals surface area contributed by atoms with Crippen LogP contribution in [0.5, 0.6) is 0 Å². The van der Waals surface area contributed by atoms with E-state index in [2.05, 4.69) is 26.6 Å². The molecule has 0 radical (unpaired) electrons. The van der Waals surface area contributed by atoms with E-state index in [-0.39, 0.29) is 5.91 Å². The SMILES string of the molecule is Cc1ccc(-c2cc(C(=O)Nc3cccnc3)[nH]n2)c(C)c1. The number of aryl methyl sites for hydroxylation is 2. The summed E-state index contributed by atoms with van der Waals surface area (Å²) in [5.74, 6) is -0.239. The summed E-state index contributed by atoms with van der Waals surface area (Å²) in [5.41, 5.74) is 5.17. The number of nitrogens with zero attached hydrogens (tertiary/aromatic N) is 2. The molecule has 2 N–H and O–H groups in total. The smallest absolute Gasteiger partial charge is 0.273 e. The Kier molecular flexibility index (Phi) is 3.70. The first kappa shape index (κ1) is 14.0. The zero-order valence-corrected chi connectivity index (χ0v) is 12.4. The van der Waals surface area contributed by atoms with Gasteiger partial charge in [-0.3, -0.25) is 14.9 Å². The molecule has 3 aromatic rings. The number of aromatic nitrogens is 3. The molecule has 0 bridgehead atoms. The monoisotopic (exact) mass is 292 g/mol. The molecule has 3 rings (SSSR count). The molecule has 0 unspecified atom stereocenters. The van der Waals surface area contributed by atoms with Gasteiger partial charge in [0.05, 0.1) is 17.6 Å². The highest BCUT2D eigenvalue weighted by atomic mass is 16.1. The summed E-state index contributed by atoms with van der Waals surface area (Å²) in [4.78, 5) is 16.2. The minimum Gasteiger partial charge on any atom is -0.319 e. The summed E-state index contributed by atoms with van der Waals surface area (Å²) in [6.07, 6.45) is 3.25. The van der Waals surface area contributed by atoms with Crippen molar-refractivity contribution in [3.05, 3.63) is 65.6 Å². The lowest BCUT2D eigenvalue weighted by atomic mass is 10.0. The maximum atomic E-state index is 12.2. The minimum absolute atomic E-state index is 0.239. The molecule has 22 heavy (non-hydrogen) atoms. The molecule has 2 heterocycles. The van der Waals surface area contributed by atoms with Crippen molar-refractivity contribution in [2.45, 2.75) is 13.8 Å². The van der Waals surface area contributed by atoms with Crippen LogP contribution in [-0.2, 0) is 0 Å². The molecular formula is C17H16N4O. The first-order valence-corrected chi connectivity index (χ1v) is 6.98. The highest BCUT2D eigenvalue weighted by molar-refractivity contribution is 6.03. The van der Waals surface area contributed by atoms with E-state index >= 15 is 0 Å². The summed E-state index contributed by atoms with van der Waals surface area (Å²) >= 11 is 0. The molecule has 2 aromatic heterocycles. The molecule has 5 heteroatoms. The van der Waals surface area contributed by atoms with Gasteiger partial charge in [0.25, 0.3) is 5.91 Å². The average molecular weight is 292 g/mol. The summed E-state index contributed by atoms with van der Waals surface area (Å²) in [5, 5.41) is 9.80. The summed E-state index contributed by atoms with van der Waals surface area (Å²) < 4.78 is 0. The Hall–Kier alpha value is -2.95. The van der Waals surface area contributed by atoms with Crippen LogP contribution in [0.2, 0.25) is 0 Å². The van der Waals surface area contributed by atoms with Crippen LogP contribution < -0.4 is 5.32 Å². The third kappa shape index (κ3) is 2.88. The topological polar surface area (TPSA) is 70.7 Å². The Balaban J connectivity index is 1.83. The van der Waals surface area contributed by atoms with Crippen molar-refractivity contribution in [2.75, 3.05) is 5.32 Å². The number of H-pyrrole nitrogens is 1. The third-order valence-corrected chi connectivity index (χ3v) is 3.40. The van der Waals surface area contributed by atoms with Crippen molar-refractivity contribution >= 4 is 11.6 Å². The van der Waals surface area contributed by atoms with Crippen LogP contribution in [0, 0.1) is 13.8 Å². The maximum absolute atomic E-state index is 12.2. The molecule has 0 atom stereocenters. The van der Waals surface area contributed by atoms with Crippen LogP contribution in [0.25, 0.3) is 11.3 Å². The molecular weight excluding hydrogens is 276 g/mol. The van der Waals surface area contributed by atoms with Gasteiger partial charge in [-0.1, -0.05) is 23.8 Å². The molecule has 0 aliphatic rings. The molecule has 0 aliphatic heterocycles. The van der Waals surface area contributed by atoms with Gasteiger partial charge in [0.1, 0.15) is 5.69 Å². The van der Waals surface area contributed by atoms with E-state index in [0.717, 1.165) is 16.8 Å². The third-order valence-electron chi connectivity index (χ3n) is 3.40. The lowest BCUT2D eigenvalue weighted by molar-refractivity contribution is 0.102. The molecule has 0 spiro atoms. The predicted molar refractivity (Wildman–Crippen MR) is 85.7 cm³/mol. The van der Waals surface area contributed by atoms with Crippen molar-refractivity contribution < 1.29 is 4.79 Å². The number of carbonyl (C=O) groups excluding carboxylic acids is 1. The van der Waals surface area contributed by atoms with E-state index in [1.165, 1.54) is 5.56 Å². The largest absolute Gasteiger partial charge is 0.319 e. The Morgan fingerprint density at radius 1 is 1.18 bits per heavy atom. The number of hydrogen-bond donors (Lipinski definition) is 2. The number of hydrogen-bond acceptors (Lipinski definition) is 3. The van der Waals surface area contributed by atoms with E-state index in [0.29, 0.717) is 11.4 Å². The molecule has 0 aliphatic carbocycles. The van der Waals surface area contributed by atoms with Crippen LogP contribution in [-0.4, -0.2) is 21.1 Å². The van der Waals surface area contributed by atoms with Crippen LogP contribution in [0.4, 0.5) is 5.69 Å². The second kappa shape index (κ2) is 5.81. The van der Waals surface area contributed by atoms with Gasteiger partial charge in [0.15, 0.2) is 0 Å². The van der Waals surface area contributed by atoms with Gasteiger partial charge in [-0.15, -0.1) is 0 Å². The Labute approximate surface area is 128 Å². The fourth-order valence-corrected chi connectivity index (χ4v) is 2.31. The van der Waals surface area contributed by atoms with Crippen molar-refractivity contribution in [1.82, 2.24) is 15.2 Å². The van der Waals surface area contributed by atoms with Crippen molar-refractivity contribution in [1.29, 1.82) is 0 Å². The summed E-state index contributed by atoms with van der Waals surface area (Å²) in [7, 11) is 0. The van der Waals surface area contributed by atoms with E-state index in [4.69, 9.17) is 0 Å². The molecule has 0 saturated carbocycles. The second-order valence-corrected chi connectivity index (χ2v) is 5.18. The highest BCUT2D eigenvalue weighted by Crippen LogP contribution is 2.23. The lowest BCUT2D eigenvalue weighted by Crippen LogP contribution is -2.12. The molecule has 0 saturated heterocycles. The van der Waals surface area contributed by atoms with Crippen LogP contribution >= 0.6 is 0 Å². The maximum Gasteiger partial charge on any atom is 0.273 e. The van der Waals surface area contributed by atoms with Gasteiger partial charge in [-0.05, 0) is 37.6 Å². The number of anilines is 1. The fraction of sp³-hybridized carbons (Fsp3) is 0.118. The summed E-state index contributed by atoms with van der Waals surface area (Å²) in [6.45, 7) is 4.08. The second-order valence-electron chi connectivity index (χ2n) is 5.18. The number of carbonyl (C=O) groups is 1. The number of benzene rings is 1. The molecule has 1 amide bonds. The number of amides is 1. The van der Waals surface area contributed by atoms with E-state index in [1.54, 1.807) is 30.6 Å². The van der Waals surface area contributed by atoms with Crippen molar-refractivity contribution in [3.8, 4) is 11.3 Å². The van der Waals surface area contributed by atoms with Gasteiger partial charge >= 0.3 is 0 Å². The molecule has 110 valence electrons. The van der Waals surface area contributed by atoms with Crippen LogP contribution in [0.3, 0.4) is 0 Å². The first-order valence-electron chi connectivity index (χ1n) is 6.98. The van der Waals surface area contributed by atoms with E-state index in [1.807, 2.05) is 26.0 Å². The van der Waals surface area contributed by atoms with Crippen molar-refractivity contribution in [3.63, 3.8) is 0 Å². The first-order chi connectivity index (χ1) is 10.6. The standard InChI is InChI=1S/C17H16N4O/c1-11-5-6-14(12(2)8-11)15-9-16(21-20-15)17(22)19-13-4-3-7-18-10-13/h3-10H,1-2H3,(H,19,22)(H,20,21). The number of rotatable bonds is 3. The number of nitrogens with one attached hydrogen (secondary N) is 2. The average Bonchev–Trinajstić information content (AvgIpc) is 2.98. The van der Waals surface area contributed by atoms with Crippen molar-refractivity contribution in [2.24, 2.45) is 0 Å². The van der Waals surface area contributed by atoms with Crippen LogP contribution in [0.15, 0.2) is 48.8 Å². The lowest BCUT2D eigenvalue weighted by Gasteiger charge is -2.03. The highest BCUT2D eigenvalue weighted by Gasteiger charge is 2.12. The van der Waals surface area contributed by atoms with Gasteiger partial charge in [-0.25, -0.2) is 0 Å². The predicted octanol–water partition coefficient (Wildman–Crippen LogP) is 3.34. The Morgan fingerprint density at radius 2 is 2.05 bits per heavy atom. The fourth-order valence-electron chi connectivity index (χ4n) is 2.31.